The van der Waals surface area contributed by atoms with Gasteiger partial charge in [0.2, 0.25) is 0 Å². The smallest absolute Gasteiger partial charge is 0.317 e. The number of rotatable bonds is 5. The fourth-order valence-corrected chi connectivity index (χ4v) is 3.29. The Bertz CT molecular complexity index is 725. The fraction of sp³-hybridized carbons (Fsp3) is 0.381. The average molecular weight is 353 g/mol. The van der Waals surface area contributed by atoms with E-state index in [1.165, 1.54) is 11.1 Å². The summed E-state index contributed by atoms with van der Waals surface area (Å²) in [5, 5.41) is 3.01. The Kier molecular flexibility index (Phi) is 6.12. The molecule has 5 nitrogen and oxygen atoms in total. The summed E-state index contributed by atoms with van der Waals surface area (Å²) >= 11 is 0. The summed E-state index contributed by atoms with van der Waals surface area (Å²) in [6, 6.07) is 16.2. The zero-order valence-corrected chi connectivity index (χ0v) is 15.6. The molecule has 3 rings (SSSR count). The third kappa shape index (κ3) is 4.55. The van der Waals surface area contributed by atoms with Gasteiger partial charge in [-0.05, 0) is 29.7 Å². The van der Waals surface area contributed by atoms with Gasteiger partial charge in [0.15, 0.2) is 0 Å². The average Bonchev–Trinajstić information content (AvgIpc) is 2.69. The van der Waals surface area contributed by atoms with Crippen molar-refractivity contribution in [3.63, 3.8) is 0 Å². The standard InChI is InChI=1S/C21H27N3O2/c1-17-19(9-6-10-20(17)26-2)16-23-11-13-24(14-12-23)21(25)22-15-18-7-4-3-5-8-18/h3-10H,11-16H2,1-2H3,(H,22,25). The van der Waals surface area contributed by atoms with Gasteiger partial charge in [-0.3, -0.25) is 4.90 Å². The maximum Gasteiger partial charge on any atom is 0.317 e. The van der Waals surface area contributed by atoms with Crippen LogP contribution in [0.5, 0.6) is 5.75 Å². The van der Waals surface area contributed by atoms with E-state index < -0.39 is 0 Å². The molecule has 5 heteroatoms. The van der Waals surface area contributed by atoms with Crippen molar-refractivity contribution in [3.05, 3.63) is 65.2 Å². The fourth-order valence-electron chi connectivity index (χ4n) is 3.29. The maximum atomic E-state index is 12.4. The van der Waals surface area contributed by atoms with Crippen LogP contribution in [0.3, 0.4) is 0 Å². The van der Waals surface area contributed by atoms with Crippen molar-refractivity contribution in [2.75, 3.05) is 33.3 Å². The summed E-state index contributed by atoms with van der Waals surface area (Å²) in [6.45, 7) is 6.84. The van der Waals surface area contributed by atoms with Crippen molar-refractivity contribution in [3.8, 4) is 5.75 Å². The summed E-state index contributed by atoms with van der Waals surface area (Å²) in [6.07, 6.45) is 0. The molecule has 1 N–H and O–H groups in total. The van der Waals surface area contributed by atoms with Gasteiger partial charge in [0, 0.05) is 39.3 Å². The second-order valence-electron chi connectivity index (χ2n) is 6.65. The molecular formula is C21H27N3O2. The van der Waals surface area contributed by atoms with E-state index in [-0.39, 0.29) is 6.03 Å². The Morgan fingerprint density at radius 1 is 1.04 bits per heavy atom. The van der Waals surface area contributed by atoms with Crippen molar-refractivity contribution >= 4 is 6.03 Å². The number of nitrogens with zero attached hydrogens (tertiary/aromatic N) is 2. The molecule has 2 amide bonds. The Morgan fingerprint density at radius 2 is 1.77 bits per heavy atom. The van der Waals surface area contributed by atoms with E-state index in [2.05, 4.69) is 23.2 Å². The topological polar surface area (TPSA) is 44.8 Å². The first-order chi connectivity index (χ1) is 12.7. The van der Waals surface area contributed by atoms with Gasteiger partial charge >= 0.3 is 6.03 Å². The highest BCUT2D eigenvalue weighted by Gasteiger charge is 2.21. The Labute approximate surface area is 155 Å². The summed E-state index contributed by atoms with van der Waals surface area (Å²) < 4.78 is 5.41. The molecule has 1 heterocycles. The number of hydrogen-bond acceptors (Lipinski definition) is 3. The van der Waals surface area contributed by atoms with Gasteiger partial charge in [0.1, 0.15) is 5.75 Å². The second-order valence-corrected chi connectivity index (χ2v) is 6.65. The molecule has 0 aromatic heterocycles. The molecule has 0 saturated carbocycles. The molecule has 0 unspecified atom stereocenters. The number of nitrogens with one attached hydrogen (secondary N) is 1. The Hall–Kier alpha value is -2.53. The van der Waals surface area contributed by atoms with E-state index in [1.54, 1.807) is 7.11 Å². The molecule has 2 aromatic carbocycles. The molecule has 1 saturated heterocycles. The minimum Gasteiger partial charge on any atom is -0.496 e. The Morgan fingerprint density at radius 3 is 2.46 bits per heavy atom. The van der Waals surface area contributed by atoms with Gasteiger partial charge in [-0.15, -0.1) is 0 Å². The number of carbonyl (C=O) groups excluding carboxylic acids is 1. The van der Waals surface area contributed by atoms with Gasteiger partial charge in [0.05, 0.1) is 7.11 Å². The number of benzene rings is 2. The Balaban J connectivity index is 1.47. The number of hydrogen-bond donors (Lipinski definition) is 1. The predicted octanol–water partition coefficient (Wildman–Crippen LogP) is 3.03. The lowest BCUT2D eigenvalue weighted by atomic mass is 10.1. The lowest BCUT2D eigenvalue weighted by molar-refractivity contribution is 0.135. The zero-order chi connectivity index (χ0) is 18.4. The lowest BCUT2D eigenvalue weighted by Gasteiger charge is -2.35. The minimum absolute atomic E-state index is 0.0195. The van der Waals surface area contributed by atoms with Crippen LogP contribution in [0.4, 0.5) is 4.79 Å². The van der Waals surface area contributed by atoms with Gasteiger partial charge in [-0.25, -0.2) is 4.79 Å². The van der Waals surface area contributed by atoms with Crippen molar-refractivity contribution in [2.24, 2.45) is 0 Å². The zero-order valence-electron chi connectivity index (χ0n) is 15.6. The minimum atomic E-state index is 0.0195. The first-order valence-electron chi connectivity index (χ1n) is 9.09. The molecule has 0 atom stereocenters. The number of ether oxygens (including phenoxy) is 1. The second kappa shape index (κ2) is 8.72. The molecule has 138 valence electrons. The van der Waals surface area contributed by atoms with Gasteiger partial charge < -0.3 is 15.0 Å². The SMILES string of the molecule is COc1cccc(CN2CCN(C(=O)NCc3ccccc3)CC2)c1C. The maximum absolute atomic E-state index is 12.4. The molecule has 26 heavy (non-hydrogen) atoms. The van der Waals surface area contributed by atoms with Crippen molar-refractivity contribution in [1.29, 1.82) is 0 Å². The van der Waals surface area contributed by atoms with E-state index in [0.717, 1.165) is 44.0 Å². The number of carbonyl (C=O) groups is 1. The van der Waals surface area contributed by atoms with Crippen LogP contribution < -0.4 is 10.1 Å². The molecule has 1 aliphatic heterocycles. The molecular weight excluding hydrogens is 326 g/mol. The molecule has 2 aromatic rings. The number of methoxy groups -OCH3 is 1. The highest BCUT2D eigenvalue weighted by molar-refractivity contribution is 5.74. The van der Waals surface area contributed by atoms with Crippen LogP contribution in [0.1, 0.15) is 16.7 Å². The number of piperazine rings is 1. The molecule has 0 aliphatic carbocycles. The summed E-state index contributed by atoms with van der Waals surface area (Å²) in [5.74, 6) is 0.932. The number of amides is 2. The van der Waals surface area contributed by atoms with Crippen LogP contribution in [-0.2, 0) is 13.1 Å². The summed E-state index contributed by atoms with van der Waals surface area (Å²) in [4.78, 5) is 16.6. The number of urea groups is 1. The van der Waals surface area contributed by atoms with E-state index >= 15 is 0 Å². The molecule has 0 radical (unpaired) electrons. The molecule has 0 spiro atoms. The predicted molar refractivity (Wildman–Crippen MR) is 103 cm³/mol. The van der Waals surface area contributed by atoms with Crippen LogP contribution in [-0.4, -0.2) is 49.1 Å². The molecule has 0 bridgehead atoms. The molecule has 1 aliphatic rings. The summed E-state index contributed by atoms with van der Waals surface area (Å²) in [7, 11) is 1.71. The van der Waals surface area contributed by atoms with Crippen molar-refractivity contribution in [1.82, 2.24) is 15.1 Å². The largest absolute Gasteiger partial charge is 0.496 e. The third-order valence-corrected chi connectivity index (χ3v) is 4.96. The first kappa shape index (κ1) is 18.3. The van der Waals surface area contributed by atoms with Gasteiger partial charge in [-0.1, -0.05) is 42.5 Å². The normalized spacial score (nSPS) is 14.9. The monoisotopic (exact) mass is 353 g/mol. The highest BCUT2D eigenvalue weighted by Crippen LogP contribution is 2.22. The highest BCUT2D eigenvalue weighted by atomic mass is 16.5. The summed E-state index contributed by atoms with van der Waals surface area (Å²) in [5.41, 5.74) is 3.59. The molecule has 1 fully saturated rings. The van der Waals surface area contributed by atoms with Crippen LogP contribution >= 0.6 is 0 Å². The van der Waals surface area contributed by atoms with E-state index in [9.17, 15) is 4.79 Å². The quantitative estimate of drug-likeness (QED) is 0.899. The van der Waals surface area contributed by atoms with E-state index in [1.807, 2.05) is 47.4 Å². The third-order valence-electron chi connectivity index (χ3n) is 4.96. The first-order valence-corrected chi connectivity index (χ1v) is 9.09. The van der Waals surface area contributed by atoms with Crippen molar-refractivity contribution < 1.29 is 9.53 Å². The van der Waals surface area contributed by atoms with Crippen molar-refractivity contribution in [2.45, 2.75) is 20.0 Å². The van der Waals surface area contributed by atoms with Crippen LogP contribution in [0, 0.1) is 6.92 Å². The van der Waals surface area contributed by atoms with Crippen LogP contribution in [0.25, 0.3) is 0 Å². The van der Waals surface area contributed by atoms with Crippen LogP contribution in [0.15, 0.2) is 48.5 Å². The van der Waals surface area contributed by atoms with E-state index in [4.69, 9.17) is 4.74 Å². The lowest BCUT2D eigenvalue weighted by Crippen LogP contribution is -2.51. The van der Waals surface area contributed by atoms with Gasteiger partial charge in [-0.2, -0.15) is 0 Å². The van der Waals surface area contributed by atoms with Crippen LogP contribution in [0.2, 0.25) is 0 Å². The van der Waals surface area contributed by atoms with E-state index in [0.29, 0.717) is 6.54 Å². The van der Waals surface area contributed by atoms with Gasteiger partial charge in [0.25, 0.3) is 0 Å².